The second kappa shape index (κ2) is 7.44. The van der Waals surface area contributed by atoms with Gasteiger partial charge in [-0.15, -0.1) is 0 Å². The van der Waals surface area contributed by atoms with E-state index >= 15 is 0 Å². The lowest BCUT2D eigenvalue weighted by molar-refractivity contribution is -0.137. The predicted molar refractivity (Wildman–Crippen MR) is 87.6 cm³/mol. The lowest BCUT2D eigenvalue weighted by Gasteiger charge is -2.34. The molecule has 26 heavy (non-hydrogen) atoms. The Morgan fingerprint density at radius 1 is 1.31 bits per heavy atom. The van der Waals surface area contributed by atoms with Crippen molar-refractivity contribution in [3.05, 3.63) is 29.3 Å². The summed E-state index contributed by atoms with van der Waals surface area (Å²) in [6.45, 7) is 5.94. The summed E-state index contributed by atoms with van der Waals surface area (Å²) in [7, 11) is 0. The lowest BCUT2D eigenvalue weighted by Crippen LogP contribution is -2.46. The number of carbonyl (C=O) groups is 1. The average molecular weight is 370 g/mol. The van der Waals surface area contributed by atoms with E-state index in [0.717, 1.165) is 18.2 Å². The van der Waals surface area contributed by atoms with Crippen molar-refractivity contribution in [3.8, 4) is 11.8 Å². The highest BCUT2D eigenvalue weighted by atomic mass is 19.4. The van der Waals surface area contributed by atoms with Crippen molar-refractivity contribution in [1.29, 1.82) is 5.26 Å². The first-order chi connectivity index (χ1) is 12.0. The van der Waals surface area contributed by atoms with Gasteiger partial charge in [-0.2, -0.15) is 18.4 Å². The number of piperidine rings is 1. The molecule has 0 radical (unpaired) electrons. The zero-order valence-corrected chi connectivity index (χ0v) is 14.9. The molecule has 1 aliphatic heterocycles. The van der Waals surface area contributed by atoms with E-state index in [-0.39, 0.29) is 17.9 Å². The van der Waals surface area contributed by atoms with Crippen molar-refractivity contribution in [1.82, 2.24) is 4.90 Å². The lowest BCUT2D eigenvalue weighted by atomic mass is 10.1. The predicted octanol–water partition coefficient (Wildman–Crippen LogP) is 4.36. The monoisotopic (exact) mass is 370 g/mol. The van der Waals surface area contributed by atoms with E-state index in [1.165, 1.54) is 4.90 Å². The van der Waals surface area contributed by atoms with Crippen molar-refractivity contribution in [2.75, 3.05) is 13.1 Å². The van der Waals surface area contributed by atoms with Crippen molar-refractivity contribution in [2.24, 2.45) is 0 Å². The summed E-state index contributed by atoms with van der Waals surface area (Å²) in [4.78, 5) is 13.6. The van der Waals surface area contributed by atoms with Crippen LogP contribution in [0.1, 0.15) is 44.7 Å². The van der Waals surface area contributed by atoms with Crippen LogP contribution in [0.3, 0.4) is 0 Å². The minimum absolute atomic E-state index is 0.0207. The van der Waals surface area contributed by atoms with Gasteiger partial charge in [0.15, 0.2) is 0 Å². The molecule has 1 amide bonds. The van der Waals surface area contributed by atoms with Gasteiger partial charge in [-0.1, -0.05) is 0 Å². The van der Waals surface area contributed by atoms with Crippen LogP contribution in [-0.4, -0.2) is 35.8 Å². The maximum atomic E-state index is 12.9. The molecule has 1 saturated heterocycles. The van der Waals surface area contributed by atoms with Gasteiger partial charge in [0.25, 0.3) is 0 Å². The van der Waals surface area contributed by atoms with Crippen LogP contribution in [0.15, 0.2) is 18.2 Å². The van der Waals surface area contributed by atoms with Crippen molar-refractivity contribution < 1.29 is 27.4 Å². The molecule has 1 fully saturated rings. The van der Waals surface area contributed by atoms with E-state index in [1.54, 1.807) is 20.8 Å². The topological polar surface area (TPSA) is 62.6 Å². The van der Waals surface area contributed by atoms with Gasteiger partial charge in [0, 0.05) is 6.54 Å². The van der Waals surface area contributed by atoms with Gasteiger partial charge in [0.1, 0.15) is 23.5 Å². The Balaban J connectivity index is 2.13. The number of hydrogen-bond acceptors (Lipinski definition) is 4. The summed E-state index contributed by atoms with van der Waals surface area (Å²) in [5.74, 6) is -0.127. The van der Waals surface area contributed by atoms with Crippen LogP contribution in [0.25, 0.3) is 0 Å². The largest absolute Gasteiger partial charge is 0.487 e. The Morgan fingerprint density at radius 2 is 2.00 bits per heavy atom. The number of rotatable bonds is 2. The van der Waals surface area contributed by atoms with E-state index in [0.29, 0.717) is 19.4 Å². The zero-order valence-electron chi connectivity index (χ0n) is 14.9. The fourth-order valence-electron chi connectivity index (χ4n) is 2.59. The number of amides is 1. The Bertz CT molecular complexity index is 705. The SMILES string of the molecule is CC(C)(C)OC(=O)N1CCCC(Oc2cc(C(F)(F)F)ccc2C#N)C1. The van der Waals surface area contributed by atoms with Gasteiger partial charge < -0.3 is 14.4 Å². The molecule has 0 aliphatic carbocycles. The fraction of sp³-hybridized carbons (Fsp3) is 0.556. The van der Waals surface area contributed by atoms with Gasteiger partial charge >= 0.3 is 12.3 Å². The molecule has 2 rings (SSSR count). The van der Waals surface area contributed by atoms with Crippen LogP contribution in [0.5, 0.6) is 5.75 Å². The quantitative estimate of drug-likeness (QED) is 0.776. The number of nitriles is 1. The molecule has 1 aromatic rings. The highest BCUT2D eigenvalue weighted by molar-refractivity contribution is 5.68. The molecule has 1 heterocycles. The van der Waals surface area contributed by atoms with Crippen LogP contribution >= 0.6 is 0 Å². The van der Waals surface area contributed by atoms with Gasteiger partial charge in [-0.3, -0.25) is 0 Å². The molecular weight excluding hydrogens is 349 g/mol. The van der Waals surface area contributed by atoms with E-state index < -0.39 is 29.5 Å². The first-order valence-electron chi connectivity index (χ1n) is 8.25. The molecule has 1 aromatic carbocycles. The Labute approximate surface area is 150 Å². The third-order valence-electron chi connectivity index (χ3n) is 3.75. The zero-order chi connectivity index (χ0) is 19.5. The summed E-state index contributed by atoms with van der Waals surface area (Å²) >= 11 is 0. The van der Waals surface area contributed by atoms with Gasteiger partial charge in [-0.05, 0) is 51.8 Å². The van der Waals surface area contributed by atoms with Gasteiger partial charge in [-0.25, -0.2) is 4.79 Å². The smallest absolute Gasteiger partial charge is 0.416 e. The molecule has 1 unspecified atom stereocenters. The summed E-state index contributed by atoms with van der Waals surface area (Å²) in [6.07, 6.45) is -4.32. The fourth-order valence-corrected chi connectivity index (χ4v) is 2.59. The summed E-state index contributed by atoms with van der Waals surface area (Å²) in [5.41, 5.74) is -1.50. The van der Waals surface area contributed by atoms with Crippen molar-refractivity contribution in [3.63, 3.8) is 0 Å². The minimum Gasteiger partial charge on any atom is -0.487 e. The molecule has 142 valence electrons. The van der Waals surface area contributed by atoms with Crippen LogP contribution in [0.2, 0.25) is 0 Å². The maximum Gasteiger partial charge on any atom is 0.416 e. The molecule has 1 aliphatic rings. The standard InChI is InChI=1S/C18H21F3N2O3/c1-17(2,3)26-16(24)23-8-4-5-14(11-23)25-15-9-13(18(19,20)21)7-6-12(15)10-22/h6-7,9,14H,4-5,8,11H2,1-3H3. The second-order valence-corrected chi connectivity index (χ2v) is 7.13. The second-order valence-electron chi connectivity index (χ2n) is 7.13. The highest BCUT2D eigenvalue weighted by Crippen LogP contribution is 2.33. The molecule has 5 nitrogen and oxygen atoms in total. The van der Waals surface area contributed by atoms with Crippen LogP contribution in [0, 0.1) is 11.3 Å². The Hall–Kier alpha value is -2.43. The number of likely N-dealkylation sites (tertiary alicyclic amines) is 1. The van der Waals surface area contributed by atoms with Crippen LogP contribution in [-0.2, 0) is 10.9 Å². The van der Waals surface area contributed by atoms with Gasteiger partial charge in [0.2, 0.25) is 0 Å². The number of nitrogens with zero attached hydrogens (tertiary/aromatic N) is 2. The molecule has 0 saturated carbocycles. The van der Waals surface area contributed by atoms with Crippen molar-refractivity contribution >= 4 is 6.09 Å². The molecule has 8 heteroatoms. The normalized spacial score (nSPS) is 18.2. The highest BCUT2D eigenvalue weighted by Gasteiger charge is 2.33. The average Bonchev–Trinajstić information content (AvgIpc) is 2.52. The van der Waals surface area contributed by atoms with E-state index in [4.69, 9.17) is 14.7 Å². The maximum absolute atomic E-state index is 12.9. The Kier molecular flexibility index (Phi) is 5.69. The third-order valence-corrected chi connectivity index (χ3v) is 3.75. The van der Waals surface area contributed by atoms with Crippen LogP contribution < -0.4 is 4.74 Å². The van der Waals surface area contributed by atoms with Crippen molar-refractivity contribution in [2.45, 2.75) is 51.5 Å². The molecule has 0 bridgehead atoms. The van der Waals surface area contributed by atoms with E-state index in [9.17, 15) is 18.0 Å². The summed E-state index contributed by atoms with van der Waals surface area (Å²) in [5, 5.41) is 9.11. The van der Waals surface area contributed by atoms with E-state index in [2.05, 4.69) is 0 Å². The minimum atomic E-state index is -4.53. The first-order valence-corrected chi connectivity index (χ1v) is 8.25. The Morgan fingerprint density at radius 3 is 2.58 bits per heavy atom. The van der Waals surface area contributed by atoms with Crippen LogP contribution in [0.4, 0.5) is 18.0 Å². The number of ether oxygens (including phenoxy) is 2. The molecule has 1 atom stereocenters. The third kappa shape index (κ3) is 5.28. The summed E-state index contributed by atoms with van der Waals surface area (Å²) < 4.78 is 49.7. The number of halogens is 3. The number of carbonyl (C=O) groups excluding carboxylic acids is 1. The number of benzene rings is 1. The molecule has 0 aromatic heterocycles. The first kappa shape index (κ1) is 19.9. The molecule has 0 spiro atoms. The molecule has 0 N–H and O–H groups in total. The number of hydrogen-bond donors (Lipinski definition) is 0. The van der Waals surface area contributed by atoms with E-state index in [1.807, 2.05) is 6.07 Å². The molecular formula is C18H21F3N2O3. The van der Waals surface area contributed by atoms with Gasteiger partial charge in [0.05, 0.1) is 17.7 Å². The summed E-state index contributed by atoms with van der Waals surface area (Å²) in [6, 6.07) is 4.59. The number of alkyl halides is 3.